The highest BCUT2D eigenvalue weighted by Crippen LogP contribution is 2.23. The number of halogens is 2. The number of nitro groups is 1. The number of benzene rings is 3. The molecule has 3 aromatic carbocycles. The van der Waals surface area contributed by atoms with Gasteiger partial charge in [0.1, 0.15) is 11.4 Å². The number of carbonyl (C=O) groups excluding carboxylic acids is 2. The molecule has 10 heteroatoms. The lowest BCUT2D eigenvalue weighted by atomic mass is 10.1. The van der Waals surface area contributed by atoms with E-state index in [2.05, 4.69) is 26.6 Å². The van der Waals surface area contributed by atoms with Gasteiger partial charge in [0.2, 0.25) is 0 Å². The molecule has 3 aromatic rings. The summed E-state index contributed by atoms with van der Waals surface area (Å²) >= 11 is 9.51. The molecule has 0 fully saturated rings. The maximum absolute atomic E-state index is 13.0. The molecule has 0 heterocycles. The van der Waals surface area contributed by atoms with Crippen molar-refractivity contribution in [2.45, 2.75) is 0 Å². The van der Waals surface area contributed by atoms with Crippen molar-refractivity contribution in [2.75, 3.05) is 12.4 Å². The number of non-ortho nitro benzene ring substituents is 1. The molecule has 0 aliphatic rings. The van der Waals surface area contributed by atoms with Gasteiger partial charge < -0.3 is 15.4 Å². The van der Waals surface area contributed by atoms with Crippen molar-refractivity contribution in [2.24, 2.45) is 0 Å². The van der Waals surface area contributed by atoms with Gasteiger partial charge in [0.25, 0.3) is 17.5 Å². The van der Waals surface area contributed by atoms with Gasteiger partial charge in [-0.25, -0.2) is 0 Å². The number of nitrogens with zero attached hydrogens (tertiary/aromatic N) is 1. The topological polar surface area (TPSA) is 111 Å². The van der Waals surface area contributed by atoms with Gasteiger partial charge in [-0.3, -0.25) is 19.7 Å². The maximum atomic E-state index is 13.0. The number of anilines is 1. The number of nitro benzene ring substituents is 1. The zero-order valence-corrected chi connectivity index (χ0v) is 19.5. The van der Waals surface area contributed by atoms with Crippen molar-refractivity contribution in [3.05, 3.63) is 103 Å². The molecule has 8 nitrogen and oxygen atoms in total. The number of amides is 2. The molecule has 0 radical (unpaired) electrons. The van der Waals surface area contributed by atoms with E-state index < -0.39 is 16.7 Å². The molecule has 0 unspecified atom stereocenters. The quantitative estimate of drug-likeness (QED) is 0.240. The van der Waals surface area contributed by atoms with E-state index in [4.69, 9.17) is 16.3 Å². The summed E-state index contributed by atoms with van der Waals surface area (Å²) in [6.45, 7) is 0. The van der Waals surface area contributed by atoms with Crippen LogP contribution in [0.15, 0.2) is 76.9 Å². The van der Waals surface area contributed by atoms with E-state index in [1.807, 2.05) is 0 Å². The first kappa shape index (κ1) is 24.0. The third-order valence-corrected chi connectivity index (χ3v) is 5.27. The zero-order valence-electron chi connectivity index (χ0n) is 17.2. The van der Waals surface area contributed by atoms with Gasteiger partial charge in [0.15, 0.2) is 0 Å². The molecule has 33 heavy (non-hydrogen) atoms. The molecule has 0 atom stereocenters. The first-order valence-corrected chi connectivity index (χ1v) is 10.6. The van der Waals surface area contributed by atoms with E-state index in [1.165, 1.54) is 49.6 Å². The van der Waals surface area contributed by atoms with Crippen molar-refractivity contribution in [1.29, 1.82) is 0 Å². The Hall–Kier alpha value is -3.69. The fourth-order valence-electron chi connectivity index (χ4n) is 2.75. The number of rotatable bonds is 7. The van der Waals surface area contributed by atoms with E-state index >= 15 is 0 Å². The number of hydrogen-bond donors (Lipinski definition) is 2. The molecule has 2 amide bonds. The predicted octanol–water partition coefficient (Wildman–Crippen LogP) is 5.43. The van der Waals surface area contributed by atoms with Crippen LogP contribution in [0, 0.1) is 10.1 Å². The van der Waals surface area contributed by atoms with Crippen LogP contribution < -0.4 is 15.4 Å². The van der Waals surface area contributed by atoms with Crippen molar-refractivity contribution in [3.63, 3.8) is 0 Å². The van der Waals surface area contributed by atoms with Crippen LogP contribution in [0.1, 0.15) is 15.9 Å². The van der Waals surface area contributed by atoms with E-state index in [-0.39, 0.29) is 22.0 Å². The van der Waals surface area contributed by atoms with Crippen LogP contribution >= 0.6 is 27.5 Å². The van der Waals surface area contributed by atoms with E-state index in [9.17, 15) is 19.7 Å². The maximum Gasteiger partial charge on any atom is 0.272 e. The van der Waals surface area contributed by atoms with Crippen LogP contribution in [0.2, 0.25) is 5.02 Å². The van der Waals surface area contributed by atoms with Crippen LogP contribution in [0.25, 0.3) is 6.08 Å². The molecule has 0 aliphatic heterocycles. The van der Waals surface area contributed by atoms with Gasteiger partial charge in [-0.05, 0) is 66.2 Å². The highest BCUT2D eigenvalue weighted by Gasteiger charge is 2.18. The Morgan fingerprint density at radius 1 is 1.06 bits per heavy atom. The van der Waals surface area contributed by atoms with Crippen LogP contribution in [-0.2, 0) is 4.79 Å². The summed E-state index contributed by atoms with van der Waals surface area (Å²) in [4.78, 5) is 36.2. The number of ether oxygens (including phenoxy) is 1. The van der Waals surface area contributed by atoms with E-state index in [0.29, 0.717) is 17.0 Å². The summed E-state index contributed by atoms with van der Waals surface area (Å²) in [6, 6.07) is 17.0. The van der Waals surface area contributed by atoms with Crippen molar-refractivity contribution in [3.8, 4) is 5.75 Å². The predicted molar refractivity (Wildman–Crippen MR) is 129 cm³/mol. The smallest absolute Gasteiger partial charge is 0.272 e. The molecule has 0 saturated carbocycles. The standard InChI is InChI=1S/C23H17BrClN3O5/c1-33-18-10-11-19(20(25)13-18)22(29)27-21(12-14-2-8-17(9-3-14)28(31)32)23(30)26-16-6-4-15(24)5-7-16/h2-13H,1H3,(H,26,30)(H,27,29). The number of hydrogen-bond acceptors (Lipinski definition) is 5. The average molecular weight is 531 g/mol. The molecule has 2 N–H and O–H groups in total. The molecular weight excluding hydrogens is 514 g/mol. The average Bonchev–Trinajstić information content (AvgIpc) is 2.80. The summed E-state index contributed by atoms with van der Waals surface area (Å²) in [6.07, 6.45) is 1.41. The number of nitrogens with one attached hydrogen (secondary N) is 2. The van der Waals surface area contributed by atoms with E-state index in [0.717, 1.165) is 4.47 Å². The zero-order chi connectivity index (χ0) is 24.0. The van der Waals surface area contributed by atoms with Gasteiger partial charge >= 0.3 is 0 Å². The second kappa shape index (κ2) is 10.8. The second-order valence-electron chi connectivity index (χ2n) is 6.67. The summed E-state index contributed by atoms with van der Waals surface area (Å²) in [5, 5.41) is 16.3. The summed E-state index contributed by atoms with van der Waals surface area (Å²) in [7, 11) is 1.48. The third kappa shape index (κ3) is 6.41. The van der Waals surface area contributed by atoms with Gasteiger partial charge in [0.05, 0.1) is 22.6 Å². The molecule has 0 aromatic heterocycles. The second-order valence-corrected chi connectivity index (χ2v) is 7.99. The summed E-state index contributed by atoms with van der Waals surface area (Å²) in [5.74, 6) is -0.721. The number of methoxy groups -OCH3 is 1. The Balaban J connectivity index is 1.91. The monoisotopic (exact) mass is 529 g/mol. The largest absolute Gasteiger partial charge is 0.497 e. The lowest BCUT2D eigenvalue weighted by Crippen LogP contribution is -2.31. The van der Waals surface area contributed by atoms with Crippen molar-refractivity contribution < 1.29 is 19.2 Å². The normalized spacial score (nSPS) is 10.9. The lowest BCUT2D eigenvalue weighted by Gasteiger charge is -2.12. The van der Waals surface area contributed by atoms with Crippen LogP contribution in [0.4, 0.5) is 11.4 Å². The van der Waals surface area contributed by atoms with Gasteiger partial charge in [-0.15, -0.1) is 0 Å². The molecule has 168 valence electrons. The highest BCUT2D eigenvalue weighted by molar-refractivity contribution is 9.10. The molecule has 0 spiro atoms. The lowest BCUT2D eigenvalue weighted by molar-refractivity contribution is -0.384. The molecule has 0 bridgehead atoms. The number of carbonyl (C=O) groups is 2. The highest BCUT2D eigenvalue weighted by atomic mass is 79.9. The fraction of sp³-hybridized carbons (Fsp3) is 0.0435. The minimum Gasteiger partial charge on any atom is -0.497 e. The molecule has 0 aliphatic carbocycles. The summed E-state index contributed by atoms with van der Waals surface area (Å²) < 4.78 is 5.92. The Labute approximate surface area is 202 Å². The first-order valence-electron chi connectivity index (χ1n) is 9.45. The fourth-order valence-corrected chi connectivity index (χ4v) is 3.27. The SMILES string of the molecule is COc1ccc(C(=O)NC(=Cc2ccc([N+](=O)[O-])cc2)C(=O)Nc2ccc(Br)cc2)c(Cl)c1. The van der Waals surface area contributed by atoms with Gasteiger partial charge in [0, 0.05) is 22.3 Å². The Bertz CT molecular complexity index is 1230. The summed E-state index contributed by atoms with van der Waals surface area (Å²) in [5.41, 5.74) is 0.950. The third-order valence-electron chi connectivity index (χ3n) is 4.43. The van der Waals surface area contributed by atoms with Crippen LogP contribution in [0.3, 0.4) is 0 Å². The van der Waals surface area contributed by atoms with Crippen LogP contribution in [-0.4, -0.2) is 23.8 Å². The minimum atomic E-state index is -0.609. The van der Waals surface area contributed by atoms with Gasteiger partial charge in [-0.1, -0.05) is 27.5 Å². The first-order chi connectivity index (χ1) is 15.8. The Morgan fingerprint density at radius 3 is 2.30 bits per heavy atom. The van der Waals surface area contributed by atoms with Crippen molar-refractivity contribution in [1.82, 2.24) is 5.32 Å². The Kier molecular flexibility index (Phi) is 7.81. The Morgan fingerprint density at radius 2 is 1.73 bits per heavy atom. The van der Waals surface area contributed by atoms with Gasteiger partial charge in [-0.2, -0.15) is 0 Å². The van der Waals surface area contributed by atoms with Crippen molar-refractivity contribution >= 4 is 56.8 Å². The van der Waals surface area contributed by atoms with Crippen LogP contribution in [0.5, 0.6) is 5.75 Å². The minimum absolute atomic E-state index is 0.0799. The van der Waals surface area contributed by atoms with E-state index in [1.54, 1.807) is 30.3 Å². The molecule has 0 saturated heterocycles. The molecule has 3 rings (SSSR count). The molecular formula is C23H17BrClN3O5.